The summed E-state index contributed by atoms with van der Waals surface area (Å²) in [7, 11) is 0. The Kier molecular flexibility index (Phi) is 8.54. The predicted octanol–water partition coefficient (Wildman–Crippen LogP) is 6.34. The molecular weight excluding hydrogens is 634 g/mol. The molecule has 0 N–H and O–H groups in total. The Labute approximate surface area is 267 Å². The molecule has 3 fully saturated rings. The average Bonchev–Trinajstić information content (AvgIpc) is 3.52. The van der Waals surface area contributed by atoms with Gasteiger partial charge in [-0.25, -0.2) is 14.8 Å². The van der Waals surface area contributed by atoms with Gasteiger partial charge in [0.2, 0.25) is 0 Å². The van der Waals surface area contributed by atoms with Crippen molar-refractivity contribution in [2.75, 3.05) is 32.7 Å². The quantitative estimate of drug-likeness (QED) is 0.258. The summed E-state index contributed by atoms with van der Waals surface area (Å²) in [5.41, 5.74) is 1.49. The van der Waals surface area contributed by atoms with Crippen LogP contribution in [0.4, 0.5) is 4.79 Å². The second-order valence-corrected chi connectivity index (χ2v) is 14.8. The number of ether oxygens (including phenoxy) is 3. The van der Waals surface area contributed by atoms with E-state index in [1.807, 2.05) is 63.9 Å². The van der Waals surface area contributed by atoms with Gasteiger partial charge in [-0.2, -0.15) is 0 Å². The highest BCUT2D eigenvalue weighted by molar-refractivity contribution is 9.10. The predicted molar refractivity (Wildman–Crippen MR) is 169 cm³/mol. The zero-order valence-corrected chi connectivity index (χ0v) is 27.8. The number of likely N-dealkylation sites (tertiary alicyclic amines) is 1. The minimum atomic E-state index is -0.650. The van der Waals surface area contributed by atoms with E-state index >= 15 is 0 Å². The van der Waals surface area contributed by atoms with Gasteiger partial charge < -0.3 is 28.6 Å². The summed E-state index contributed by atoms with van der Waals surface area (Å²) in [5.74, 6) is 0.0476. The molecule has 0 bridgehead atoms. The van der Waals surface area contributed by atoms with Crippen LogP contribution in [-0.2, 0) is 20.6 Å². The summed E-state index contributed by atoms with van der Waals surface area (Å²) in [4.78, 5) is 26.2. The molecule has 2 aliphatic heterocycles. The van der Waals surface area contributed by atoms with Gasteiger partial charge in [0.15, 0.2) is 5.79 Å². The molecule has 1 amide bonds. The van der Waals surface area contributed by atoms with E-state index in [1.165, 1.54) is 11.9 Å². The van der Waals surface area contributed by atoms with Crippen LogP contribution in [0, 0.1) is 11.8 Å². The van der Waals surface area contributed by atoms with Crippen molar-refractivity contribution >= 4 is 44.7 Å². The zero-order valence-electron chi connectivity index (χ0n) is 25.5. The second kappa shape index (κ2) is 11.9. The molecule has 9 nitrogen and oxygen atoms in total. The van der Waals surface area contributed by atoms with Crippen LogP contribution in [0.25, 0.3) is 11.0 Å². The SMILES string of the molecule is CC(C)(C)OC(=O)N(CCc1ccccc1)CC1CN(C[C@H]2C[C@@H](n3cc(Br)c4c(Cl)ncnc43)[C@@H]3OC(C)(C)O[C@H]23)C1. The third kappa shape index (κ3) is 6.73. The Bertz CT molecular complexity index is 1460. The summed E-state index contributed by atoms with van der Waals surface area (Å²) in [6, 6.07) is 10.4. The number of hydrogen-bond acceptors (Lipinski definition) is 7. The minimum absolute atomic E-state index is 0.0169. The van der Waals surface area contributed by atoms with Gasteiger partial charge in [0, 0.05) is 55.2 Å². The molecule has 232 valence electrons. The highest BCUT2D eigenvalue weighted by atomic mass is 79.9. The Morgan fingerprint density at radius 3 is 2.60 bits per heavy atom. The van der Waals surface area contributed by atoms with Crippen LogP contribution in [0.1, 0.15) is 52.6 Å². The topological polar surface area (TPSA) is 82.0 Å². The summed E-state index contributed by atoms with van der Waals surface area (Å²) in [6.45, 7) is 13.8. The van der Waals surface area contributed by atoms with Crippen LogP contribution in [-0.4, -0.2) is 86.7 Å². The summed E-state index contributed by atoms with van der Waals surface area (Å²) in [5, 5.41) is 1.25. The lowest BCUT2D eigenvalue weighted by atomic mass is 9.95. The molecule has 1 saturated carbocycles. The largest absolute Gasteiger partial charge is 0.444 e. The van der Waals surface area contributed by atoms with Crippen molar-refractivity contribution in [3.63, 3.8) is 0 Å². The van der Waals surface area contributed by atoms with E-state index in [1.54, 1.807) is 0 Å². The first kappa shape index (κ1) is 30.8. The van der Waals surface area contributed by atoms with Crippen molar-refractivity contribution < 1.29 is 19.0 Å². The van der Waals surface area contributed by atoms with Gasteiger partial charge in [-0.3, -0.25) is 0 Å². The first-order valence-corrected chi connectivity index (χ1v) is 16.3. The van der Waals surface area contributed by atoms with Crippen LogP contribution in [0.15, 0.2) is 47.3 Å². The molecule has 43 heavy (non-hydrogen) atoms. The number of carbonyl (C=O) groups excluding carboxylic acids is 1. The van der Waals surface area contributed by atoms with E-state index in [4.69, 9.17) is 25.8 Å². The highest BCUT2D eigenvalue weighted by Gasteiger charge is 2.55. The fourth-order valence-corrected chi connectivity index (χ4v) is 7.77. The van der Waals surface area contributed by atoms with Crippen molar-refractivity contribution in [2.24, 2.45) is 11.8 Å². The Hall–Kier alpha value is -2.24. The Balaban J connectivity index is 1.11. The fraction of sp³-hybridized carbons (Fsp3) is 0.594. The Morgan fingerprint density at radius 1 is 1.16 bits per heavy atom. The molecule has 4 heterocycles. The molecule has 6 rings (SSSR count). The first-order chi connectivity index (χ1) is 20.4. The van der Waals surface area contributed by atoms with Crippen molar-refractivity contribution in [1.29, 1.82) is 0 Å². The zero-order chi connectivity index (χ0) is 30.5. The van der Waals surface area contributed by atoms with Crippen molar-refractivity contribution in [3.8, 4) is 0 Å². The van der Waals surface area contributed by atoms with Gasteiger partial charge in [-0.1, -0.05) is 41.9 Å². The maximum Gasteiger partial charge on any atom is 0.410 e. The summed E-state index contributed by atoms with van der Waals surface area (Å²) < 4.78 is 21.8. The number of fused-ring (bicyclic) bond motifs is 2. The monoisotopic (exact) mass is 673 g/mol. The molecule has 2 aromatic heterocycles. The van der Waals surface area contributed by atoms with E-state index in [0.717, 1.165) is 48.0 Å². The average molecular weight is 675 g/mol. The molecule has 0 spiro atoms. The standard InChI is InChI=1S/C32H41BrClN5O4/c1-31(2,3)43-30(40)38(12-11-20-9-7-6-8-10-20)16-21-14-37(15-21)17-22-13-24(27-26(22)41-32(4,5)42-27)39-18-23(33)25-28(34)35-19-36-29(25)39/h6-10,18-19,21-22,24,26-27H,11-17H2,1-5H3/t22-,24-,26-,27+/m1/s1. The van der Waals surface area contributed by atoms with Gasteiger partial charge in [0.05, 0.1) is 17.5 Å². The smallest absolute Gasteiger partial charge is 0.410 e. The molecule has 1 aromatic carbocycles. The van der Waals surface area contributed by atoms with Gasteiger partial charge in [0.25, 0.3) is 0 Å². The maximum absolute atomic E-state index is 13.1. The third-order valence-electron chi connectivity index (χ3n) is 8.59. The number of halogens is 2. The maximum atomic E-state index is 13.1. The van der Waals surface area contributed by atoms with Crippen LogP contribution in [0.3, 0.4) is 0 Å². The lowest BCUT2D eigenvalue weighted by Crippen LogP contribution is -2.54. The molecule has 0 radical (unpaired) electrons. The molecule has 2 saturated heterocycles. The highest BCUT2D eigenvalue weighted by Crippen LogP contribution is 2.49. The number of carbonyl (C=O) groups is 1. The van der Waals surface area contributed by atoms with Crippen LogP contribution in [0.5, 0.6) is 0 Å². The number of rotatable bonds is 8. The van der Waals surface area contributed by atoms with Crippen LogP contribution in [0.2, 0.25) is 5.15 Å². The number of nitrogens with zero attached hydrogens (tertiary/aromatic N) is 5. The van der Waals surface area contributed by atoms with Crippen LogP contribution < -0.4 is 0 Å². The molecule has 4 atom stereocenters. The number of amides is 1. The van der Waals surface area contributed by atoms with E-state index in [0.29, 0.717) is 30.1 Å². The summed E-state index contributed by atoms with van der Waals surface area (Å²) >= 11 is 10.1. The van der Waals surface area contributed by atoms with E-state index < -0.39 is 11.4 Å². The second-order valence-electron chi connectivity index (χ2n) is 13.6. The van der Waals surface area contributed by atoms with Crippen molar-refractivity contribution in [1.82, 2.24) is 24.3 Å². The normalized spacial score (nSPS) is 25.6. The molecular formula is C32H41BrClN5O4. The number of benzene rings is 1. The van der Waals surface area contributed by atoms with Crippen molar-refractivity contribution in [2.45, 2.75) is 77.1 Å². The van der Waals surface area contributed by atoms with E-state index in [-0.39, 0.29) is 24.3 Å². The lowest BCUT2D eigenvalue weighted by molar-refractivity contribution is -0.161. The number of aromatic nitrogens is 3. The fourth-order valence-electron chi connectivity index (χ4n) is 6.84. The first-order valence-electron chi connectivity index (χ1n) is 15.1. The lowest BCUT2D eigenvalue weighted by Gasteiger charge is -2.43. The molecule has 11 heteroatoms. The van der Waals surface area contributed by atoms with Gasteiger partial charge in [0.1, 0.15) is 28.8 Å². The molecule has 0 unspecified atom stereocenters. The van der Waals surface area contributed by atoms with Gasteiger partial charge in [-0.05, 0) is 69.0 Å². The molecule has 1 aliphatic carbocycles. The van der Waals surface area contributed by atoms with Crippen molar-refractivity contribution in [3.05, 3.63) is 58.0 Å². The van der Waals surface area contributed by atoms with E-state index in [2.05, 4.69) is 47.5 Å². The minimum Gasteiger partial charge on any atom is -0.444 e. The number of hydrogen-bond donors (Lipinski definition) is 0. The molecule has 3 aliphatic rings. The molecule has 3 aromatic rings. The van der Waals surface area contributed by atoms with Gasteiger partial charge in [-0.15, -0.1) is 0 Å². The van der Waals surface area contributed by atoms with Gasteiger partial charge >= 0.3 is 6.09 Å². The van der Waals surface area contributed by atoms with E-state index in [9.17, 15) is 4.79 Å². The van der Waals surface area contributed by atoms with Crippen LogP contribution >= 0.6 is 27.5 Å². The third-order valence-corrected chi connectivity index (χ3v) is 9.48. The summed E-state index contributed by atoms with van der Waals surface area (Å²) in [6.07, 6.45) is 4.92. The Morgan fingerprint density at radius 2 is 1.88 bits per heavy atom.